The molecular weight excluding hydrogens is 362 g/mol. The van der Waals surface area contributed by atoms with E-state index in [1.165, 1.54) is 13.2 Å². The Morgan fingerprint density at radius 1 is 1.26 bits per heavy atom. The van der Waals surface area contributed by atoms with Gasteiger partial charge < -0.3 is 14.8 Å². The Hall–Kier alpha value is -3.19. The van der Waals surface area contributed by atoms with E-state index in [2.05, 4.69) is 15.3 Å². The lowest BCUT2D eigenvalue weighted by molar-refractivity contribution is -0.111. The van der Waals surface area contributed by atoms with Gasteiger partial charge in [-0.15, -0.1) is 11.3 Å². The summed E-state index contributed by atoms with van der Waals surface area (Å²) in [5.74, 6) is 0.763. The van der Waals surface area contributed by atoms with Gasteiger partial charge >= 0.3 is 0 Å². The average molecular weight is 381 g/mol. The molecule has 1 aromatic carbocycles. The molecule has 0 aliphatic heterocycles. The minimum Gasteiger partial charge on any atom is -0.487 e. The van der Waals surface area contributed by atoms with Crippen molar-refractivity contribution in [2.24, 2.45) is 0 Å². The number of amides is 1. The number of pyridine rings is 1. The third-order valence-corrected chi connectivity index (χ3v) is 4.42. The maximum absolute atomic E-state index is 12.2. The van der Waals surface area contributed by atoms with E-state index in [4.69, 9.17) is 9.47 Å². The van der Waals surface area contributed by atoms with Crippen LogP contribution in [0.4, 0.5) is 5.69 Å². The van der Waals surface area contributed by atoms with Gasteiger partial charge in [0.15, 0.2) is 0 Å². The quantitative estimate of drug-likeness (QED) is 0.624. The third kappa shape index (κ3) is 5.15. The standard InChI is InChI=1S/C20H19N3O3S/c1-14-22-16(13-27-14)12-26-18-8-4-3-6-15(18)9-10-19(24)23-17-7-5-11-21-20(17)25-2/h3-11,13H,12H2,1-2H3,(H,23,24). The second-order valence-electron chi connectivity index (χ2n) is 5.57. The van der Waals surface area contributed by atoms with Crippen molar-refractivity contribution in [3.63, 3.8) is 0 Å². The normalized spacial score (nSPS) is 10.7. The van der Waals surface area contributed by atoms with Crippen LogP contribution in [-0.2, 0) is 11.4 Å². The van der Waals surface area contributed by atoms with E-state index in [1.54, 1.807) is 35.7 Å². The van der Waals surface area contributed by atoms with Crippen LogP contribution in [0.15, 0.2) is 54.1 Å². The summed E-state index contributed by atoms with van der Waals surface area (Å²) >= 11 is 1.59. The Kier molecular flexibility index (Phi) is 6.17. The maximum atomic E-state index is 12.2. The van der Waals surface area contributed by atoms with Crippen LogP contribution in [-0.4, -0.2) is 23.0 Å². The van der Waals surface area contributed by atoms with Crippen molar-refractivity contribution in [3.8, 4) is 11.6 Å². The van der Waals surface area contributed by atoms with Gasteiger partial charge in [0, 0.05) is 23.2 Å². The number of hydrogen-bond acceptors (Lipinski definition) is 6. The van der Waals surface area contributed by atoms with Crippen LogP contribution < -0.4 is 14.8 Å². The fourth-order valence-corrected chi connectivity index (χ4v) is 2.96. The molecule has 0 spiro atoms. The minimum atomic E-state index is -0.286. The maximum Gasteiger partial charge on any atom is 0.248 e. The molecule has 0 aliphatic carbocycles. The third-order valence-electron chi connectivity index (χ3n) is 3.60. The summed E-state index contributed by atoms with van der Waals surface area (Å²) in [7, 11) is 1.51. The number of carbonyl (C=O) groups is 1. The topological polar surface area (TPSA) is 73.3 Å². The van der Waals surface area contributed by atoms with Crippen molar-refractivity contribution < 1.29 is 14.3 Å². The van der Waals surface area contributed by atoms with Crippen molar-refractivity contribution in [2.45, 2.75) is 13.5 Å². The Bertz CT molecular complexity index is 953. The highest BCUT2D eigenvalue weighted by Crippen LogP contribution is 2.22. The van der Waals surface area contributed by atoms with Crippen LogP contribution in [0.1, 0.15) is 16.3 Å². The Morgan fingerprint density at radius 2 is 2.11 bits per heavy atom. The molecule has 0 atom stereocenters. The molecule has 1 amide bonds. The molecule has 0 bridgehead atoms. The first-order chi connectivity index (χ1) is 13.2. The van der Waals surface area contributed by atoms with Crippen LogP contribution in [0, 0.1) is 6.92 Å². The predicted molar refractivity (Wildman–Crippen MR) is 106 cm³/mol. The lowest BCUT2D eigenvalue weighted by Gasteiger charge is -2.08. The molecule has 6 nitrogen and oxygen atoms in total. The van der Waals surface area contributed by atoms with Crippen LogP contribution in [0.5, 0.6) is 11.6 Å². The number of carbonyl (C=O) groups excluding carboxylic acids is 1. The number of nitrogens with one attached hydrogen (secondary N) is 1. The number of thiazole rings is 1. The predicted octanol–water partition coefficient (Wildman–Crippen LogP) is 4.09. The zero-order valence-electron chi connectivity index (χ0n) is 15.0. The molecule has 2 aromatic heterocycles. The van der Waals surface area contributed by atoms with E-state index < -0.39 is 0 Å². The molecule has 27 heavy (non-hydrogen) atoms. The molecule has 138 valence electrons. The number of nitrogens with zero attached hydrogens (tertiary/aromatic N) is 2. The van der Waals surface area contributed by atoms with Crippen LogP contribution in [0.2, 0.25) is 0 Å². The van der Waals surface area contributed by atoms with Gasteiger partial charge in [-0.2, -0.15) is 0 Å². The number of aryl methyl sites for hydroxylation is 1. The molecule has 0 saturated carbocycles. The van der Waals surface area contributed by atoms with E-state index in [-0.39, 0.29) is 5.91 Å². The fourth-order valence-electron chi connectivity index (χ4n) is 2.36. The van der Waals surface area contributed by atoms with Crippen LogP contribution in [0.25, 0.3) is 6.08 Å². The molecule has 1 N–H and O–H groups in total. The number of hydrogen-bond donors (Lipinski definition) is 1. The first-order valence-electron chi connectivity index (χ1n) is 8.26. The lowest BCUT2D eigenvalue weighted by Crippen LogP contribution is -2.09. The summed E-state index contributed by atoms with van der Waals surface area (Å²) < 4.78 is 11.0. The van der Waals surface area contributed by atoms with Gasteiger partial charge in [0.05, 0.1) is 17.8 Å². The molecule has 0 radical (unpaired) electrons. The number of para-hydroxylation sites is 1. The molecule has 3 aromatic rings. The molecule has 7 heteroatoms. The monoisotopic (exact) mass is 381 g/mol. The van der Waals surface area contributed by atoms with Gasteiger partial charge in [-0.25, -0.2) is 9.97 Å². The second kappa shape index (κ2) is 8.95. The molecule has 3 rings (SSSR count). The molecule has 0 aliphatic rings. The highest BCUT2D eigenvalue weighted by Gasteiger charge is 2.07. The summed E-state index contributed by atoms with van der Waals surface area (Å²) in [4.78, 5) is 20.7. The molecule has 0 saturated heterocycles. The Balaban J connectivity index is 1.66. The summed E-state index contributed by atoms with van der Waals surface area (Å²) in [5.41, 5.74) is 2.20. The average Bonchev–Trinajstić information content (AvgIpc) is 3.11. The van der Waals surface area contributed by atoms with Gasteiger partial charge in [0.25, 0.3) is 0 Å². The van der Waals surface area contributed by atoms with Crippen molar-refractivity contribution >= 4 is 29.0 Å². The minimum absolute atomic E-state index is 0.286. The lowest BCUT2D eigenvalue weighted by atomic mass is 10.2. The van der Waals surface area contributed by atoms with Gasteiger partial charge in [0.2, 0.25) is 11.8 Å². The van der Waals surface area contributed by atoms with Crippen molar-refractivity contribution in [2.75, 3.05) is 12.4 Å². The molecule has 2 heterocycles. The highest BCUT2D eigenvalue weighted by atomic mass is 32.1. The van der Waals surface area contributed by atoms with Crippen LogP contribution in [0.3, 0.4) is 0 Å². The van der Waals surface area contributed by atoms with Gasteiger partial charge in [-0.3, -0.25) is 4.79 Å². The van der Waals surface area contributed by atoms with Gasteiger partial charge in [0.1, 0.15) is 18.0 Å². The van der Waals surface area contributed by atoms with Gasteiger partial charge in [-0.05, 0) is 31.2 Å². The number of methoxy groups -OCH3 is 1. The summed E-state index contributed by atoms with van der Waals surface area (Å²) in [5, 5.41) is 5.73. The molecular formula is C20H19N3O3S. The number of rotatable bonds is 7. The van der Waals surface area contributed by atoms with E-state index in [0.29, 0.717) is 23.9 Å². The zero-order chi connectivity index (χ0) is 19.1. The van der Waals surface area contributed by atoms with Crippen molar-refractivity contribution in [3.05, 3.63) is 70.3 Å². The summed E-state index contributed by atoms with van der Waals surface area (Å²) in [6.07, 6.45) is 4.75. The van der Waals surface area contributed by atoms with E-state index in [0.717, 1.165) is 16.3 Å². The van der Waals surface area contributed by atoms with E-state index in [1.807, 2.05) is 36.6 Å². The first kappa shape index (κ1) is 18.6. The number of ether oxygens (including phenoxy) is 2. The second-order valence-corrected chi connectivity index (χ2v) is 6.63. The van der Waals surface area contributed by atoms with Crippen molar-refractivity contribution in [1.29, 1.82) is 0 Å². The SMILES string of the molecule is COc1ncccc1NC(=O)C=Cc1ccccc1OCc1csc(C)n1. The summed E-state index contributed by atoms with van der Waals surface area (Å²) in [6.45, 7) is 2.34. The largest absolute Gasteiger partial charge is 0.487 e. The first-order valence-corrected chi connectivity index (χ1v) is 9.14. The smallest absolute Gasteiger partial charge is 0.248 e. The number of aromatic nitrogens is 2. The zero-order valence-corrected chi connectivity index (χ0v) is 15.8. The van der Waals surface area contributed by atoms with E-state index >= 15 is 0 Å². The molecule has 0 fully saturated rings. The number of benzene rings is 1. The van der Waals surface area contributed by atoms with Crippen LogP contribution >= 0.6 is 11.3 Å². The molecule has 0 unspecified atom stereocenters. The summed E-state index contributed by atoms with van der Waals surface area (Å²) in [6, 6.07) is 11.0. The van der Waals surface area contributed by atoms with E-state index in [9.17, 15) is 4.79 Å². The van der Waals surface area contributed by atoms with Crippen molar-refractivity contribution in [1.82, 2.24) is 9.97 Å². The Morgan fingerprint density at radius 3 is 2.89 bits per heavy atom. The van der Waals surface area contributed by atoms with Gasteiger partial charge in [-0.1, -0.05) is 18.2 Å². The number of anilines is 1. The Labute approximate surface area is 161 Å². The highest BCUT2D eigenvalue weighted by molar-refractivity contribution is 7.09. The fraction of sp³-hybridized carbons (Fsp3) is 0.150.